The zero-order valence-corrected chi connectivity index (χ0v) is 12.0. The molecule has 0 aromatic heterocycles. The fourth-order valence-corrected chi connectivity index (χ4v) is 3.22. The number of aliphatic hydroxyl groups excluding tert-OH is 1. The van der Waals surface area contributed by atoms with Crippen molar-refractivity contribution in [3.05, 3.63) is 34.1 Å². The van der Waals surface area contributed by atoms with Crippen molar-refractivity contribution in [1.82, 2.24) is 10.2 Å². The van der Waals surface area contributed by atoms with Crippen LogP contribution in [0.3, 0.4) is 0 Å². The highest BCUT2D eigenvalue weighted by Gasteiger charge is 2.35. The lowest BCUT2D eigenvalue weighted by atomic mass is 9.90. The van der Waals surface area contributed by atoms with Crippen LogP contribution >= 0.6 is 15.9 Å². The van der Waals surface area contributed by atoms with Gasteiger partial charge in [0, 0.05) is 30.7 Å². The van der Waals surface area contributed by atoms with Crippen LogP contribution < -0.4 is 5.32 Å². The molecular formula is C13H18BrFN2O. The molecule has 1 aliphatic heterocycles. The molecule has 1 aromatic rings. The van der Waals surface area contributed by atoms with E-state index in [2.05, 4.69) is 26.1 Å². The van der Waals surface area contributed by atoms with Crippen molar-refractivity contribution in [2.45, 2.75) is 12.5 Å². The van der Waals surface area contributed by atoms with Crippen molar-refractivity contribution in [1.29, 1.82) is 0 Å². The van der Waals surface area contributed by atoms with E-state index >= 15 is 0 Å². The molecular weight excluding hydrogens is 299 g/mol. The van der Waals surface area contributed by atoms with Crippen LogP contribution in [0.2, 0.25) is 0 Å². The van der Waals surface area contributed by atoms with Gasteiger partial charge in [0.15, 0.2) is 0 Å². The van der Waals surface area contributed by atoms with Crippen molar-refractivity contribution < 1.29 is 9.50 Å². The van der Waals surface area contributed by atoms with Crippen molar-refractivity contribution in [3.8, 4) is 0 Å². The fourth-order valence-electron chi connectivity index (χ4n) is 2.44. The maximum absolute atomic E-state index is 13.2. The van der Waals surface area contributed by atoms with Gasteiger partial charge in [-0.3, -0.25) is 4.90 Å². The van der Waals surface area contributed by atoms with Crippen LogP contribution in [0, 0.1) is 5.82 Å². The quantitative estimate of drug-likeness (QED) is 0.891. The smallest absolute Gasteiger partial charge is 0.124 e. The second kappa shape index (κ2) is 5.65. The molecule has 18 heavy (non-hydrogen) atoms. The molecule has 1 heterocycles. The summed E-state index contributed by atoms with van der Waals surface area (Å²) in [5, 5.41) is 13.1. The van der Waals surface area contributed by atoms with E-state index in [4.69, 9.17) is 0 Å². The number of nitrogens with one attached hydrogen (secondary N) is 1. The minimum atomic E-state index is -0.478. The highest BCUT2D eigenvalue weighted by molar-refractivity contribution is 9.10. The Bertz CT molecular complexity index is 423. The van der Waals surface area contributed by atoms with Gasteiger partial charge in [0.05, 0.1) is 12.1 Å². The maximum atomic E-state index is 13.2. The molecule has 1 unspecified atom stereocenters. The molecule has 5 heteroatoms. The van der Waals surface area contributed by atoms with Crippen LogP contribution in [0.15, 0.2) is 22.7 Å². The average Bonchev–Trinajstić information content (AvgIpc) is 2.39. The van der Waals surface area contributed by atoms with E-state index in [0.717, 1.165) is 31.7 Å². The number of aliphatic hydroxyl groups is 1. The molecule has 100 valence electrons. The highest BCUT2D eigenvalue weighted by atomic mass is 79.9. The molecule has 0 amide bonds. The Morgan fingerprint density at radius 1 is 1.44 bits per heavy atom. The third-order valence-corrected chi connectivity index (χ3v) is 4.29. The topological polar surface area (TPSA) is 35.5 Å². The van der Waals surface area contributed by atoms with E-state index in [-0.39, 0.29) is 12.4 Å². The molecule has 0 spiro atoms. The Hall–Kier alpha value is -0.490. The molecule has 0 aliphatic carbocycles. The Morgan fingerprint density at radius 3 is 2.67 bits per heavy atom. The summed E-state index contributed by atoms with van der Waals surface area (Å²) in [6.45, 7) is 5.58. The molecule has 0 radical (unpaired) electrons. The first kappa shape index (κ1) is 13.9. The summed E-state index contributed by atoms with van der Waals surface area (Å²) in [5.74, 6) is -0.272. The molecule has 3 nitrogen and oxygen atoms in total. The van der Waals surface area contributed by atoms with E-state index in [0.29, 0.717) is 4.47 Å². The fraction of sp³-hybridized carbons (Fsp3) is 0.538. The van der Waals surface area contributed by atoms with E-state index in [1.54, 1.807) is 6.07 Å². The number of halogens is 2. The molecule has 2 N–H and O–H groups in total. The average molecular weight is 317 g/mol. The van der Waals surface area contributed by atoms with Gasteiger partial charge in [-0.05, 0) is 24.6 Å². The highest BCUT2D eigenvalue weighted by Crippen LogP contribution is 2.33. The lowest BCUT2D eigenvalue weighted by molar-refractivity contribution is 0.0306. The van der Waals surface area contributed by atoms with E-state index < -0.39 is 5.54 Å². The summed E-state index contributed by atoms with van der Waals surface area (Å²) >= 11 is 3.40. The van der Waals surface area contributed by atoms with Gasteiger partial charge in [-0.1, -0.05) is 22.0 Å². The number of benzene rings is 1. The first-order valence-electron chi connectivity index (χ1n) is 6.10. The maximum Gasteiger partial charge on any atom is 0.124 e. The van der Waals surface area contributed by atoms with Gasteiger partial charge >= 0.3 is 0 Å². The molecule has 0 saturated carbocycles. The third-order valence-electron chi connectivity index (χ3n) is 3.63. The number of rotatable bonds is 3. The molecule has 2 rings (SSSR count). The molecule has 1 aromatic carbocycles. The third kappa shape index (κ3) is 2.59. The van der Waals surface area contributed by atoms with E-state index in [1.165, 1.54) is 12.1 Å². The van der Waals surface area contributed by atoms with Gasteiger partial charge in [0.2, 0.25) is 0 Å². The molecule has 1 atom stereocenters. The largest absolute Gasteiger partial charge is 0.394 e. The van der Waals surface area contributed by atoms with Crippen LogP contribution in [0.1, 0.15) is 12.5 Å². The van der Waals surface area contributed by atoms with Crippen LogP contribution in [0.4, 0.5) is 4.39 Å². The zero-order valence-electron chi connectivity index (χ0n) is 10.4. The van der Waals surface area contributed by atoms with Crippen LogP contribution in [-0.4, -0.2) is 42.8 Å². The lowest BCUT2D eigenvalue weighted by Crippen LogP contribution is -2.54. The van der Waals surface area contributed by atoms with Gasteiger partial charge in [-0.15, -0.1) is 0 Å². The second-order valence-corrected chi connectivity index (χ2v) is 5.65. The van der Waals surface area contributed by atoms with E-state index in [9.17, 15) is 9.50 Å². The second-order valence-electron chi connectivity index (χ2n) is 4.79. The SMILES string of the molecule is CC(CO)(c1ccc(F)cc1Br)N1CCNCC1. The summed E-state index contributed by atoms with van der Waals surface area (Å²) in [6.07, 6.45) is 0. The number of piperazine rings is 1. The summed E-state index contributed by atoms with van der Waals surface area (Å²) in [7, 11) is 0. The minimum absolute atomic E-state index is 0.0111. The lowest BCUT2D eigenvalue weighted by Gasteiger charge is -2.43. The van der Waals surface area contributed by atoms with Crippen LogP contribution in [-0.2, 0) is 5.54 Å². The van der Waals surface area contributed by atoms with Crippen LogP contribution in [0.5, 0.6) is 0 Å². The minimum Gasteiger partial charge on any atom is -0.394 e. The predicted molar refractivity (Wildman–Crippen MR) is 73.0 cm³/mol. The number of hydrogen-bond acceptors (Lipinski definition) is 3. The summed E-state index contributed by atoms with van der Waals surface area (Å²) in [5.41, 5.74) is 0.447. The summed E-state index contributed by atoms with van der Waals surface area (Å²) in [4.78, 5) is 2.24. The molecule has 0 bridgehead atoms. The van der Waals surface area contributed by atoms with Gasteiger partial charge < -0.3 is 10.4 Å². The Balaban J connectivity index is 2.35. The zero-order chi connectivity index (χ0) is 13.2. The van der Waals surface area contributed by atoms with Crippen molar-refractivity contribution in [2.75, 3.05) is 32.8 Å². The van der Waals surface area contributed by atoms with Gasteiger partial charge in [-0.2, -0.15) is 0 Å². The van der Waals surface area contributed by atoms with Gasteiger partial charge in [-0.25, -0.2) is 4.39 Å². The first-order valence-corrected chi connectivity index (χ1v) is 6.89. The molecule has 1 fully saturated rings. The first-order chi connectivity index (χ1) is 8.58. The Labute approximate surface area is 115 Å². The van der Waals surface area contributed by atoms with Crippen LogP contribution in [0.25, 0.3) is 0 Å². The Morgan fingerprint density at radius 2 is 2.11 bits per heavy atom. The standard InChI is InChI=1S/C13H18BrFN2O/c1-13(9-18,17-6-4-16-5-7-17)11-3-2-10(15)8-12(11)14/h2-3,8,16,18H,4-7,9H2,1H3. The van der Waals surface area contributed by atoms with E-state index in [1.807, 2.05) is 6.92 Å². The number of hydrogen-bond donors (Lipinski definition) is 2. The van der Waals surface area contributed by atoms with Crippen molar-refractivity contribution in [2.24, 2.45) is 0 Å². The number of nitrogens with zero attached hydrogens (tertiary/aromatic N) is 1. The molecule has 1 aliphatic rings. The monoisotopic (exact) mass is 316 g/mol. The van der Waals surface area contributed by atoms with Crippen molar-refractivity contribution >= 4 is 15.9 Å². The van der Waals surface area contributed by atoms with Gasteiger partial charge in [0.25, 0.3) is 0 Å². The summed E-state index contributed by atoms with van der Waals surface area (Å²) in [6, 6.07) is 4.64. The summed E-state index contributed by atoms with van der Waals surface area (Å²) < 4.78 is 13.9. The Kier molecular flexibility index (Phi) is 4.37. The molecule has 1 saturated heterocycles. The van der Waals surface area contributed by atoms with Gasteiger partial charge in [0.1, 0.15) is 5.82 Å². The predicted octanol–water partition coefficient (Wildman–Crippen LogP) is 1.70. The van der Waals surface area contributed by atoms with Crippen molar-refractivity contribution in [3.63, 3.8) is 0 Å². The normalized spacial score (nSPS) is 20.7.